The van der Waals surface area contributed by atoms with Gasteiger partial charge in [-0.15, -0.1) is 0 Å². The first kappa shape index (κ1) is 16.4. The first-order valence-electron chi connectivity index (χ1n) is 6.16. The number of hydrogen-bond donors (Lipinski definition) is 0. The van der Waals surface area contributed by atoms with Crippen LogP contribution in [-0.2, 0) is 16.6 Å². The van der Waals surface area contributed by atoms with Crippen molar-refractivity contribution in [1.82, 2.24) is 4.31 Å². The van der Waals surface area contributed by atoms with Gasteiger partial charge in [0.2, 0.25) is 10.0 Å². The maximum Gasteiger partial charge on any atom is 0.312 e. The molecule has 0 N–H and O–H groups in total. The maximum absolute atomic E-state index is 12.5. The number of sulfonamides is 1. The van der Waals surface area contributed by atoms with Crippen LogP contribution in [0.1, 0.15) is 5.56 Å². The number of rotatable bonds is 6. The Kier molecular flexibility index (Phi) is 4.79. The van der Waals surface area contributed by atoms with Gasteiger partial charge in [0.25, 0.3) is 0 Å². The van der Waals surface area contributed by atoms with Gasteiger partial charge < -0.3 is 4.74 Å². The van der Waals surface area contributed by atoms with Crippen LogP contribution < -0.4 is 4.74 Å². The topological polar surface area (TPSA) is 89.8 Å². The van der Waals surface area contributed by atoms with Gasteiger partial charge in [-0.25, -0.2) is 8.42 Å². The summed E-state index contributed by atoms with van der Waals surface area (Å²) in [6, 6.07) is 5.42. The number of thiophene rings is 1. The average molecular weight is 342 g/mol. The first-order chi connectivity index (χ1) is 10.4. The van der Waals surface area contributed by atoms with Crippen molar-refractivity contribution in [3.05, 3.63) is 50.7 Å². The summed E-state index contributed by atoms with van der Waals surface area (Å²) in [5, 5.41) is 14.7. The maximum atomic E-state index is 12.5. The van der Waals surface area contributed by atoms with Gasteiger partial charge in [0.15, 0.2) is 5.75 Å². The smallest absolute Gasteiger partial charge is 0.312 e. The number of nitrogens with zero attached hydrogens (tertiary/aromatic N) is 2. The Balaban J connectivity index is 2.36. The third-order valence-electron chi connectivity index (χ3n) is 3.04. The minimum absolute atomic E-state index is 0.0180. The fourth-order valence-corrected chi connectivity index (χ4v) is 3.72. The highest BCUT2D eigenvalue weighted by atomic mass is 32.2. The van der Waals surface area contributed by atoms with Crippen LogP contribution in [0.4, 0.5) is 5.69 Å². The number of nitro benzene ring substituents is 1. The lowest BCUT2D eigenvalue weighted by molar-refractivity contribution is -0.386. The van der Waals surface area contributed by atoms with Crippen LogP contribution in [0, 0.1) is 10.1 Å². The molecule has 0 fully saturated rings. The SMILES string of the molecule is COc1ccc(S(=O)(=O)N(C)Cc2ccsc2)cc1[N+](=O)[O-]. The molecule has 0 amide bonds. The lowest BCUT2D eigenvalue weighted by Gasteiger charge is -2.16. The van der Waals surface area contributed by atoms with E-state index < -0.39 is 14.9 Å². The quantitative estimate of drug-likeness (QED) is 0.594. The van der Waals surface area contributed by atoms with E-state index in [0.29, 0.717) is 0 Å². The number of benzene rings is 1. The summed E-state index contributed by atoms with van der Waals surface area (Å²) in [6.07, 6.45) is 0. The van der Waals surface area contributed by atoms with Gasteiger partial charge in [0, 0.05) is 19.7 Å². The molecule has 0 radical (unpaired) electrons. The zero-order chi connectivity index (χ0) is 16.3. The number of nitro groups is 1. The summed E-state index contributed by atoms with van der Waals surface area (Å²) in [7, 11) is -1.09. The number of hydrogen-bond acceptors (Lipinski definition) is 6. The second-order valence-corrected chi connectivity index (χ2v) is 7.31. The van der Waals surface area contributed by atoms with Crippen molar-refractivity contribution in [1.29, 1.82) is 0 Å². The van der Waals surface area contributed by atoms with E-state index in [1.165, 1.54) is 37.6 Å². The van der Waals surface area contributed by atoms with Crippen molar-refractivity contribution in [3.63, 3.8) is 0 Å². The molecule has 0 bridgehead atoms. The summed E-state index contributed by atoms with van der Waals surface area (Å²) < 4.78 is 31.0. The molecule has 1 heterocycles. The van der Waals surface area contributed by atoms with Crippen LogP contribution in [-0.4, -0.2) is 31.8 Å². The summed E-state index contributed by atoms with van der Waals surface area (Å²) >= 11 is 1.47. The summed E-state index contributed by atoms with van der Waals surface area (Å²) in [5.41, 5.74) is 0.478. The second kappa shape index (κ2) is 6.42. The highest BCUT2D eigenvalue weighted by Crippen LogP contribution is 2.30. The van der Waals surface area contributed by atoms with Crippen molar-refractivity contribution in [2.75, 3.05) is 14.2 Å². The Bertz CT molecular complexity index is 772. The highest BCUT2D eigenvalue weighted by molar-refractivity contribution is 7.89. The lowest BCUT2D eigenvalue weighted by atomic mass is 10.3. The molecule has 9 heteroatoms. The van der Waals surface area contributed by atoms with E-state index in [4.69, 9.17) is 4.74 Å². The molecular weight excluding hydrogens is 328 g/mol. The largest absolute Gasteiger partial charge is 0.490 e. The van der Waals surface area contributed by atoms with Crippen LogP contribution in [0.3, 0.4) is 0 Å². The van der Waals surface area contributed by atoms with E-state index in [-0.39, 0.29) is 22.9 Å². The normalized spacial score (nSPS) is 11.6. The molecule has 0 aliphatic rings. The van der Waals surface area contributed by atoms with Crippen molar-refractivity contribution < 1.29 is 18.1 Å². The monoisotopic (exact) mass is 342 g/mol. The van der Waals surface area contributed by atoms with E-state index >= 15 is 0 Å². The summed E-state index contributed by atoms with van der Waals surface area (Å²) in [6.45, 7) is 0.200. The van der Waals surface area contributed by atoms with E-state index in [2.05, 4.69) is 0 Å². The van der Waals surface area contributed by atoms with Gasteiger partial charge in [0.1, 0.15) is 0 Å². The van der Waals surface area contributed by atoms with Crippen LogP contribution in [0.5, 0.6) is 5.75 Å². The zero-order valence-electron chi connectivity index (χ0n) is 11.9. The molecular formula is C13H14N2O5S2. The molecule has 1 aromatic carbocycles. The fraction of sp³-hybridized carbons (Fsp3) is 0.231. The van der Waals surface area contributed by atoms with E-state index in [1.54, 1.807) is 0 Å². The molecule has 1 aromatic heterocycles. The van der Waals surface area contributed by atoms with Crippen molar-refractivity contribution in [2.45, 2.75) is 11.4 Å². The van der Waals surface area contributed by atoms with Crippen LogP contribution >= 0.6 is 11.3 Å². The Morgan fingerprint density at radius 2 is 2.09 bits per heavy atom. The molecule has 7 nitrogen and oxygen atoms in total. The van der Waals surface area contributed by atoms with Crippen LogP contribution in [0.2, 0.25) is 0 Å². The molecule has 0 saturated heterocycles. The molecule has 0 atom stereocenters. The fourth-order valence-electron chi connectivity index (χ4n) is 1.88. The molecule has 118 valence electrons. The third kappa shape index (κ3) is 3.26. The van der Waals surface area contributed by atoms with E-state index in [0.717, 1.165) is 15.9 Å². The summed E-state index contributed by atoms with van der Waals surface area (Å²) in [4.78, 5) is 10.2. The number of methoxy groups -OCH3 is 1. The second-order valence-electron chi connectivity index (χ2n) is 4.48. The Morgan fingerprint density at radius 3 is 2.64 bits per heavy atom. The Morgan fingerprint density at radius 1 is 1.36 bits per heavy atom. The third-order valence-corrected chi connectivity index (χ3v) is 5.57. The van der Waals surface area contributed by atoms with E-state index in [9.17, 15) is 18.5 Å². The highest BCUT2D eigenvalue weighted by Gasteiger charge is 2.25. The Hall–Kier alpha value is -1.97. The van der Waals surface area contributed by atoms with Crippen molar-refractivity contribution in [2.24, 2.45) is 0 Å². The van der Waals surface area contributed by atoms with Gasteiger partial charge in [-0.1, -0.05) is 0 Å². The molecule has 0 aliphatic carbocycles. The average Bonchev–Trinajstić information content (AvgIpc) is 2.99. The lowest BCUT2D eigenvalue weighted by Crippen LogP contribution is -2.26. The standard InChI is InChI=1S/C13H14N2O5S2/c1-14(8-10-5-6-21-9-10)22(18,19)11-3-4-13(20-2)12(7-11)15(16)17/h3-7,9H,8H2,1-2H3. The molecule has 0 spiro atoms. The van der Waals surface area contributed by atoms with Gasteiger partial charge in [-0.2, -0.15) is 15.6 Å². The number of ether oxygens (including phenoxy) is 1. The van der Waals surface area contributed by atoms with E-state index in [1.807, 2.05) is 16.8 Å². The van der Waals surface area contributed by atoms with Crippen LogP contribution in [0.15, 0.2) is 39.9 Å². The zero-order valence-corrected chi connectivity index (χ0v) is 13.6. The minimum atomic E-state index is -3.82. The minimum Gasteiger partial charge on any atom is -0.490 e. The predicted molar refractivity (Wildman–Crippen MR) is 82.6 cm³/mol. The van der Waals surface area contributed by atoms with Crippen molar-refractivity contribution >= 4 is 27.0 Å². The molecule has 2 rings (SSSR count). The van der Waals surface area contributed by atoms with Crippen molar-refractivity contribution in [3.8, 4) is 5.75 Å². The molecule has 22 heavy (non-hydrogen) atoms. The van der Waals surface area contributed by atoms with Crippen LogP contribution in [0.25, 0.3) is 0 Å². The molecule has 0 saturated carbocycles. The van der Waals surface area contributed by atoms with Gasteiger partial charge in [-0.05, 0) is 34.5 Å². The van der Waals surface area contributed by atoms with Gasteiger partial charge in [0.05, 0.1) is 16.9 Å². The predicted octanol–water partition coefficient (Wildman–Crippen LogP) is 2.49. The van der Waals surface area contributed by atoms with Gasteiger partial charge >= 0.3 is 5.69 Å². The Labute approximate surface area is 132 Å². The summed E-state index contributed by atoms with van der Waals surface area (Å²) in [5.74, 6) is 0.0180. The van der Waals surface area contributed by atoms with Gasteiger partial charge in [-0.3, -0.25) is 10.1 Å². The first-order valence-corrected chi connectivity index (χ1v) is 8.54. The molecule has 0 aliphatic heterocycles. The molecule has 2 aromatic rings. The molecule has 0 unspecified atom stereocenters.